The van der Waals surface area contributed by atoms with Crippen molar-refractivity contribution in [2.45, 2.75) is 6.92 Å². The molecule has 1 amide bonds. The fraction of sp³-hybridized carbons (Fsp3) is 0.0714. The van der Waals surface area contributed by atoms with Crippen LogP contribution in [0.3, 0.4) is 0 Å². The number of nitrogens with one attached hydrogen (secondary N) is 1. The zero-order valence-corrected chi connectivity index (χ0v) is 10.0. The first-order valence-corrected chi connectivity index (χ1v) is 5.49. The molecule has 0 aliphatic carbocycles. The molecule has 0 saturated heterocycles. The van der Waals surface area contributed by atoms with E-state index >= 15 is 0 Å². The van der Waals surface area contributed by atoms with Gasteiger partial charge in [0.15, 0.2) is 0 Å². The smallest absolute Gasteiger partial charge is 0.255 e. The monoisotopic (exact) mass is 265 g/mol. The quantitative estimate of drug-likeness (QED) is 0.882. The molecular weight excluding hydrogens is 255 g/mol. The van der Waals surface area contributed by atoms with Crippen LogP contribution in [-0.2, 0) is 0 Å². The number of halogens is 3. The third kappa shape index (κ3) is 3.13. The van der Waals surface area contributed by atoms with Gasteiger partial charge >= 0.3 is 0 Å². The molecule has 1 N–H and O–H groups in total. The number of aryl methyl sites for hydroxylation is 1. The molecule has 2 rings (SSSR count). The first-order valence-electron chi connectivity index (χ1n) is 5.49. The minimum absolute atomic E-state index is 0.166. The zero-order valence-electron chi connectivity index (χ0n) is 10.0. The number of amides is 1. The summed E-state index contributed by atoms with van der Waals surface area (Å²) in [6.45, 7) is 1.68. The van der Waals surface area contributed by atoms with Gasteiger partial charge in [-0.3, -0.25) is 4.79 Å². The highest BCUT2D eigenvalue weighted by atomic mass is 19.1. The molecule has 2 aromatic rings. The Hall–Kier alpha value is -2.30. The first-order chi connectivity index (χ1) is 8.95. The van der Waals surface area contributed by atoms with Crippen LogP contribution in [0.25, 0.3) is 0 Å². The molecule has 0 aliphatic heterocycles. The van der Waals surface area contributed by atoms with Crippen LogP contribution in [0.4, 0.5) is 18.9 Å². The number of carbonyl (C=O) groups excluding carboxylic acids is 1. The van der Waals surface area contributed by atoms with E-state index in [-0.39, 0.29) is 11.3 Å². The Kier molecular flexibility index (Phi) is 3.55. The van der Waals surface area contributed by atoms with Crippen LogP contribution >= 0.6 is 0 Å². The fourth-order valence-corrected chi connectivity index (χ4v) is 1.61. The molecule has 0 aromatic heterocycles. The Labute approximate surface area is 107 Å². The molecule has 0 unspecified atom stereocenters. The number of benzene rings is 2. The lowest BCUT2D eigenvalue weighted by atomic mass is 10.1. The van der Waals surface area contributed by atoms with Gasteiger partial charge in [0.2, 0.25) is 0 Å². The average molecular weight is 265 g/mol. The maximum Gasteiger partial charge on any atom is 0.255 e. The summed E-state index contributed by atoms with van der Waals surface area (Å²) in [5.41, 5.74) is 0.738. The Balaban J connectivity index is 2.28. The number of carbonyl (C=O) groups is 1. The largest absolute Gasteiger partial charge is 0.322 e. The van der Waals surface area contributed by atoms with Gasteiger partial charge in [0, 0.05) is 17.3 Å². The maximum atomic E-state index is 13.1. The van der Waals surface area contributed by atoms with Gasteiger partial charge in [0.05, 0.1) is 0 Å². The first kappa shape index (κ1) is 13.1. The van der Waals surface area contributed by atoms with Gasteiger partial charge in [-0.15, -0.1) is 0 Å². The summed E-state index contributed by atoms with van der Waals surface area (Å²) in [5.74, 6) is -2.90. The number of anilines is 1. The third-order valence-corrected chi connectivity index (χ3v) is 2.57. The van der Waals surface area contributed by atoms with E-state index in [1.165, 1.54) is 12.1 Å². The van der Waals surface area contributed by atoms with Crippen molar-refractivity contribution >= 4 is 11.6 Å². The lowest BCUT2D eigenvalue weighted by Gasteiger charge is -2.08. The van der Waals surface area contributed by atoms with Gasteiger partial charge in [-0.05, 0) is 36.8 Å². The molecule has 0 heterocycles. The predicted octanol–water partition coefficient (Wildman–Crippen LogP) is 3.66. The summed E-state index contributed by atoms with van der Waals surface area (Å²) in [4.78, 5) is 11.8. The van der Waals surface area contributed by atoms with Gasteiger partial charge in [-0.25, -0.2) is 13.2 Å². The molecule has 98 valence electrons. The summed E-state index contributed by atoms with van der Waals surface area (Å²) < 4.78 is 39.0. The summed E-state index contributed by atoms with van der Waals surface area (Å²) in [6, 6.07) is 6.39. The lowest BCUT2D eigenvalue weighted by molar-refractivity contribution is 0.102. The van der Waals surface area contributed by atoms with Gasteiger partial charge in [0.25, 0.3) is 5.91 Å². The van der Waals surface area contributed by atoms with Gasteiger partial charge in [-0.2, -0.15) is 0 Å². The minimum atomic E-state index is -0.846. The molecule has 0 radical (unpaired) electrons. The van der Waals surface area contributed by atoms with Crippen molar-refractivity contribution in [2.75, 3.05) is 5.32 Å². The molecule has 19 heavy (non-hydrogen) atoms. The molecule has 2 nitrogen and oxygen atoms in total. The van der Waals surface area contributed by atoms with E-state index in [1.54, 1.807) is 6.92 Å². The average Bonchev–Trinajstić information content (AvgIpc) is 2.32. The van der Waals surface area contributed by atoms with E-state index in [2.05, 4.69) is 5.32 Å². The van der Waals surface area contributed by atoms with Crippen molar-refractivity contribution in [3.05, 3.63) is 65.0 Å². The molecule has 0 spiro atoms. The van der Waals surface area contributed by atoms with Crippen molar-refractivity contribution in [2.24, 2.45) is 0 Å². The summed E-state index contributed by atoms with van der Waals surface area (Å²) in [7, 11) is 0. The molecule has 5 heteroatoms. The zero-order chi connectivity index (χ0) is 14.0. The summed E-state index contributed by atoms with van der Waals surface area (Å²) in [5, 5.41) is 2.41. The van der Waals surface area contributed by atoms with Crippen LogP contribution in [0.1, 0.15) is 15.9 Å². The third-order valence-electron chi connectivity index (χ3n) is 2.57. The Morgan fingerprint density at radius 2 is 1.58 bits per heavy atom. The highest BCUT2D eigenvalue weighted by molar-refractivity contribution is 6.04. The molecule has 0 aliphatic rings. The second-order valence-electron chi connectivity index (χ2n) is 4.07. The Bertz CT molecular complexity index is 620. The van der Waals surface area contributed by atoms with Crippen LogP contribution < -0.4 is 5.32 Å². The maximum absolute atomic E-state index is 13.1. The second kappa shape index (κ2) is 5.14. The van der Waals surface area contributed by atoms with Crippen LogP contribution in [0.15, 0.2) is 36.4 Å². The minimum Gasteiger partial charge on any atom is -0.322 e. The SMILES string of the molecule is Cc1ccc(F)cc1NC(=O)c1cc(F)cc(F)c1. The normalized spacial score (nSPS) is 10.3. The van der Waals surface area contributed by atoms with Crippen molar-refractivity contribution in [3.63, 3.8) is 0 Å². The number of rotatable bonds is 2. The highest BCUT2D eigenvalue weighted by Gasteiger charge is 2.11. The highest BCUT2D eigenvalue weighted by Crippen LogP contribution is 2.17. The van der Waals surface area contributed by atoms with E-state index < -0.39 is 23.4 Å². The van der Waals surface area contributed by atoms with Crippen molar-refractivity contribution < 1.29 is 18.0 Å². The predicted molar refractivity (Wildman–Crippen MR) is 65.4 cm³/mol. The van der Waals surface area contributed by atoms with E-state index in [9.17, 15) is 18.0 Å². The summed E-state index contributed by atoms with van der Waals surface area (Å²) in [6.07, 6.45) is 0. The van der Waals surface area contributed by atoms with Crippen molar-refractivity contribution in [1.29, 1.82) is 0 Å². The second-order valence-corrected chi connectivity index (χ2v) is 4.07. The molecule has 0 bridgehead atoms. The standard InChI is InChI=1S/C14H10F3NO/c1-8-2-3-10(15)7-13(8)18-14(19)9-4-11(16)6-12(17)5-9/h2-7H,1H3,(H,18,19). The van der Waals surface area contributed by atoms with E-state index in [0.29, 0.717) is 11.6 Å². The molecule has 2 aromatic carbocycles. The van der Waals surface area contributed by atoms with Gasteiger partial charge < -0.3 is 5.32 Å². The van der Waals surface area contributed by atoms with Crippen molar-refractivity contribution in [1.82, 2.24) is 0 Å². The van der Waals surface area contributed by atoms with Crippen LogP contribution in [0, 0.1) is 24.4 Å². The number of hydrogen-bond acceptors (Lipinski definition) is 1. The summed E-state index contributed by atoms with van der Waals surface area (Å²) >= 11 is 0. The Morgan fingerprint density at radius 3 is 2.21 bits per heavy atom. The lowest BCUT2D eigenvalue weighted by Crippen LogP contribution is -2.13. The van der Waals surface area contributed by atoms with Crippen molar-refractivity contribution in [3.8, 4) is 0 Å². The topological polar surface area (TPSA) is 29.1 Å². The molecule has 0 fully saturated rings. The van der Waals surface area contributed by atoms with E-state index in [1.807, 2.05) is 0 Å². The van der Waals surface area contributed by atoms with Crippen LogP contribution in [0.2, 0.25) is 0 Å². The van der Waals surface area contributed by atoms with Crippen LogP contribution in [0.5, 0.6) is 0 Å². The Morgan fingerprint density at radius 1 is 0.947 bits per heavy atom. The van der Waals surface area contributed by atoms with E-state index in [0.717, 1.165) is 18.2 Å². The van der Waals surface area contributed by atoms with Gasteiger partial charge in [-0.1, -0.05) is 6.07 Å². The van der Waals surface area contributed by atoms with E-state index in [4.69, 9.17) is 0 Å². The van der Waals surface area contributed by atoms with Crippen LogP contribution in [-0.4, -0.2) is 5.91 Å². The molecular formula is C14H10F3NO. The number of hydrogen-bond donors (Lipinski definition) is 1. The molecule has 0 saturated carbocycles. The fourth-order valence-electron chi connectivity index (χ4n) is 1.61. The molecule has 0 atom stereocenters. The van der Waals surface area contributed by atoms with Gasteiger partial charge in [0.1, 0.15) is 17.5 Å².